The summed E-state index contributed by atoms with van der Waals surface area (Å²) in [6, 6.07) is 7.52. The zero-order valence-electron chi connectivity index (χ0n) is 21.2. The minimum absolute atomic E-state index is 0.0142. The van der Waals surface area contributed by atoms with Crippen molar-refractivity contribution >= 4 is 27.3 Å². The van der Waals surface area contributed by atoms with Crippen LogP contribution in [0.15, 0.2) is 47.4 Å². The zero-order valence-corrected chi connectivity index (χ0v) is 22.8. The van der Waals surface area contributed by atoms with Crippen molar-refractivity contribution in [2.45, 2.75) is 31.8 Å². The van der Waals surface area contributed by atoms with Gasteiger partial charge in [-0.3, -0.25) is 4.79 Å². The van der Waals surface area contributed by atoms with Crippen LogP contribution in [0.3, 0.4) is 0 Å². The molecule has 40 heavy (non-hydrogen) atoms. The summed E-state index contributed by atoms with van der Waals surface area (Å²) in [5, 5.41) is 4.77. The Kier molecular flexibility index (Phi) is 8.24. The van der Waals surface area contributed by atoms with Gasteiger partial charge in [0.15, 0.2) is 17.4 Å². The number of aromatic nitrogens is 2. The van der Waals surface area contributed by atoms with Gasteiger partial charge in [0, 0.05) is 43.3 Å². The van der Waals surface area contributed by atoms with Crippen LogP contribution in [0, 0.1) is 17.5 Å². The highest BCUT2D eigenvalue weighted by Gasteiger charge is 2.31. The van der Waals surface area contributed by atoms with E-state index >= 15 is 0 Å². The molecule has 0 N–H and O–H groups in total. The predicted molar refractivity (Wildman–Crippen MR) is 142 cm³/mol. The summed E-state index contributed by atoms with van der Waals surface area (Å²) in [4.78, 5) is 15.4. The Bertz CT molecular complexity index is 1540. The molecule has 1 saturated carbocycles. The maximum atomic E-state index is 13.9. The van der Waals surface area contributed by atoms with Gasteiger partial charge in [0.2, 0.25) is 21.7 Å². The molecule has 1 aliphatic heterocycles. The smallest absolute Gasteiger partial charge is 0.316 e. The van der Waals surface area contributed by atoms with Crippen LogP contribution >= 0.6 is 11.6 Å². The molecular weight excluding hydrogens is 573 g/mol. The van der Waals surface area contributed by atoms with Crippen molar-refractivity contribution in [3.63, 3.8) is 0 Å². The van der Waals surface area contributed by atoms with Crippen LogP contribution in [0.5, 0.6) is 11.5 Å². The second kappa shape index (κ2) is 11.7. The average molecular weight is 599 g/mol. The largest absolute Gasteiger partial charge is 0.483 e. The van der Waals surface area contributed by atoms with Crippen molar-refractivity contribution in [2.75, 3.05) is 37.0 Å². The van der Waals surface area contributed by atoms with Gasteiger partial charge in [-0.15, -0.1) is 0 Å². The third-order valence-corrected chi connectivity index (χ3v) is 8.64. The first-order chi connectivity index (χ1) is 19.1. The van der Waals surface area contributed by atoms with Gasteiger partial charge in [-0.2, -0.15) is 14.1 Å². The number of benzene rings is 2. The van der Waals surface area contributed by atoms with Crippen molar-refractivity contribution in [2.24, 2.45) is 0 Å². The molecule has 1 saturated heterocycles. The van der Waals surface area contributed by atoms with Gasteiger partial charge in [0.1, 0.15) is 11.5 Å². The van der Waals surface area contributed by atoms with Crippen molar-refractivity contribution in [3.8, 4) is 17.2 Å². The lowest BCUT2D eigenvalue weighted by atomic mass is 10.2. The molecule has 2 fully saturated rings. The summed E-state index contributed by atoms with van der Waals surface area (Å²) in [5.74, 6) is -5.70. The average Bonchev–Trinajstić information content (AvgIpc) is 3.42. The lowest BCUT2D eigenvalue weighted by Gasteiger charge is -2.35. The van der Waals surface area contributed by atoms with Crippen molar-refractivity contribution in [1.82, 2.24) is 14.1 Å². The summed E-state index contributed by atoms with van der Waals surface area (Å²) in [6.45, 7) is 0.421. The van der Waals surface area contributed by atoms with E-state index < -0.39 is 44.7 Å². The summed E-state index contributed by atoms with van der Waals surface area (Å²) < 4.78 is 80.0. The quantitative estimate of drug-likeness (QED) is 0.385. The van der Waals surface area contributed by atoms with Crippen LogP contribution in [0.2, 0.25) is 5.02 Å². The lowest BCUT2D eigenvalue weighted by molar-refractivity contribution is 0.205. The molecule has 0 spiro atoms. The van der Waals surface area contributed by atoms with Gasteiger partial charge in [0.25, 0.3) is 0 Å². The van der Waals surface area contributed by atoms with Gasteiger partial charge in [-0.1, -0.05) is 17.7 Å². The highest BCUT2D eigenvalue weighted by Crippen LogP contribution is 2.31. The number of halogens is 4. The Morgan fingerprint density at radius 2 is 1.65 bits per heavy atom. The number of sulfonamides is 1. The SMILES string of the molecule is O=c1c(OC2CCCC2)c(N2CCN(S(=O)(=O)COc3c(F)cc(F)cc3F)CC2)cnn1-c1cccc(Cl)c1. The van der Waals surface area contributed by atoms with Gasteiger partial charge >= 0.3 is 5.56 Å². The van der Waals surface area contributed by atoms with E-state index in [1.54, 1.807) is 24.3 Å². The van der Waals surface area contributed by atoms with Crippen molar-refractivity contribution < 1.29 is 31.1 Å². The van der Waals surface area contributed by atoms with Gasteiger partial charge in [-0.25, -0.2) is 21.6 Å². The Labute approximate surface area is 233 Å². The molecule has 2 aliphatic rings. The van der Waals surface area contributed by atoms with E-state index in [-0.39, 0.29) is 38.0 Å². The number of nitrogens with zero attached hydrogens (tertiary/aromatic N) is 4. The third-order valence-electron chi connectivity index (χ3n) is 6.84. The van der Waals surface area contributed by atoms with Gasteiger partial charge in [-0.05, 0) is 43.9 Å². The van der Waals surface area contributed by atoms with Crippen LogP contribution in [0.4, 0.5) is 18.9 Å². The monoisotopic (exact) mass is 598 g/mol. The zero-order chi connectivity index (χ0) is 28.4. The summed E-state index contributed by atoms with van der Waals surface area (Å²) >= 11 is 6.11. The Morgan fingerprint density at radius 1 is 0.975 bits per heavy atom. The normalized spacial score (nSPS) is 16.9. The molecular formula is C26H26ClF3N4O5S. The first-order valence-electron chi connectivity index (χ1n) is 12.7. The van der Waals surface area contributed by atoms with E-state index in [1.807, 2.05) is 4.90 Å². The van der Waals surface area contributed by atoms with E-state index in [2.05, 4.69) is 5.10 Å². The molecule has 0 radical (unpaired) electrons. The number of hydrogen-bond donors (Lipinski definition) is 0. The molecule has 0 atom stereocenters. The van der Waals surface area contributed by atoms with E-state index in [1.165, 1.54) is 10.9 Å². The van der Waals surface area contributed by atoms with E-state index in [4.69, 9.17) is 21.1 Å². The lowest BCUT2D eigenvalue weighted by Crippen LogP contribution is -2.50. The Hall–Kier alpha value is -3.29. The molecule has 214 valence electrons. The first kappa shape index (κ1) is 28.2. The maximum absolute atomic E-state index is 13.9. The second-order valence-electron chi connectivity index (χ2n) is 9.54. The fraction of sp³-hybridized carbons (Fsp3) is 0.385. The Balaban J connectivity index is 1.33. The summed E-state index contributed by atoms with van der Waals surface area (Å²) in [5.41, 5.74) is 0.461. The maximum Gasteiger partial charge on any atom is 0.316 e. The number of piperazine rings is 1. The molecule has 5 rings (SSSR count). The second-order valence-corrected chi connectivity index (χ2v) is 11.9. The number of ether oxygens (including phenoxy) is 2. The van der Waals surface area contributed by atoms with Crippen molar-refractivity contribution in [1.29, 1.82) is 0 Å². The number of hydrogen-bond acceptors (Lipinski definition) is 7. The van der Waals surface area contributed by atoms with Crippen LogP contribution < -0.4 is 19.9 Å². The number of rotatable bonds is 8. The van der Waals surface area contributed by atoms with Gasteiger partial charge < -0.3 is 14.4 Å². The minimum atomic E-state index is -4.08. The standard InChI is InChI=1S/C26H26ClF3N4O5S/c27-17-4-3-5-19(12-17)34-26(35)25(39-20-6-1-2-7-20)23(15-31-34)32-8-10-33(11-9-32)40(36,37)16-38-24-21(29)13-18(28)14-22(24)30/h3-5,12-15,20H,1-2,6-11,16H2. The number of anilines is 1. The molecule has 1 aromatic heterocycles. The molecule has 1 aliphatic carbocycles. The van der Waals surface area contributed by atoms with Crippen molar-refractivity contribution in [3.05, 3.63) is 75.4 Å². The van der Waals surface area contributed by atoms with Gasteiger partial charge in [0.05, 0.1) is 18.0 Å². The topological polar surface area (TPSA) is 94.0 Å². The summed E-state index contributed by atoms with van der Waals surface area (Å²) in [6.07, 6.45) is 5.03. The molecule has 9 nitrogen and oxygen atoms in total. The molecule has 2 heterocycles. The molecule has 14 heteroatoms. The molecule has 0 bridgehead atoms. The molecule has 3 aromatic rings. The van der Waals surface area contributed by atoms with Crippen LogP contribution in [0.1, 0.15) is 25.7 Å². The Morgan fingerprint density at radius 3 is 2.30 bits per heavy atom. The molecule has 2 aromatic carbocycles. The van der Waals surface area contributed by atoms with E-state index in [0.29, 0.717) is 28.5 Å². The predicted octanol–water partition coefficient (Wildman–Crippen LogP) is 4.11. The van der Waals surface area contributed by atoms with Crippen LogP contribution in [0.25, 0.3) is 5.69 Å². The molecule has 0 unspecified atom stereocenters. The van der Waals surface area contributed by atoms with Crippen LogP contribution in [-0.2, 0) is 10.0 Å². The third kappa shape index (κ3) is 6.06. The van der Waals surface area contributed by atoms with E-state index in [0.717, 1.165) is 30.0 Å². The molecule has 0 amide bonds. The highest BCUT2D eigenvalue weighted by molar-refractivity contribution is 7.88. The summed E-state index contributed by atoms with van der Waals surface area (Å²) in [7, 11) is -4.08. The van der Waals surface area contributed by atoms with E-state index in [9.17, 15) is 26.4 Å². The minimum Gasteiger partial charge on any atom is -0.483 e. The fourth-order valence-corrected chi connectivity index (χ4v) is 6.13. The van der Waals surface area contributed by atoms with Crippen LogP contribution in [-0.4, -0.2) is 60.7 Å². The first-order valence-corrected chi connectivity index (χ1v) is 14.7. The highest BCUT2D eigenvalue weighted by atomic mass is 35.5. The fourth-order valence-electron chi connectivity index (χ4n) is 4.81.